The first-order chi connectivity index (χ1) is 12.5. The Morgan fingerprint density at radius 2 is 2.04 bits per heavy atom. The lowest BCUT2D eigenvalue weighted by atomic mass is 10.1. The van der Waals surface area contributed by atoms with Crippen molar-refractivity contribution >= 4 is 40.1 Å². The van der Waals surface area contributed by atoms with Crippen LogP contribution >= 0.6 is 11.6 Å². The number of hydrogen-bond donors (Lipinski definition) is 3. The molecule has 0 bridgehead atoms. The highest BCUT2D eigenvalue weighted by Crippen LogP contribution is 2.22. The van der Waals surface area contributed by atoms with Gasteiger partial charge in [-0.25, -0.2) is 4.98 Å². The molecule has 0 saturated carbocycles. The number of nitrogens with one attached hydrogen (secondary N) is 3. The largest absolute Gasteiger partial charge is 0.361 e. The monoisotopic (exact) mass is 370 g/mol. The van der Waals surface area contributed by atoms with Gasteiger partial charge in [-0.2, -0.15) is 0 Å². The second-order valence-corrected chi connectivity index (χ2v) is 6.49. The summed E-state index contributed by atoms with van der Waals surface area (Å²) in [5.74, 6) is 0.176. The molecule has 0 aliphatic carbocycles. The van der Waals surface area contributed by atoms with Crippen molar-refractivity contribution < 1.29 is 9.59 Å². The summed E-state index contributed by atoms with van der Waals surface area (Å²) in [6.07, 6.45) is 3.91. The quantitative estimate of drug-likeness (QED) is 0.622. The zero-order valence-corrected chi connectivity index (χ0v) is 15.1. The summed E-state index contributed by atoms with van der Waals surface area (Å²) in [5, 5.41) is 7.07. The van der Waals surface area contributed by atoms with E-state index in [-0.39, 0.29) is 31.2 Å². The average molecular weight is 371 g/mol. The van der Waals surface area contributed by atoms with E-state index in [1.54, 1.807) is 24.5 Å². The molecule has 0 aliphatic rings. The summed E-state index contributed by atoms with van der Waals surface area (Å²) in [7, 11) is 0. The van der Waals surface area contributed by atoms with Gasteiger partial charge < -0.3 is 15.6 Å². The van der Waals surface area contributed by atoms with Crippen molar-refractivity contribution in [3.05, 3.63) is 58.9 Å². The molecule has 0 unspecified atom stereocenters. The summed E-state index contributed by atoms with van der Waals surface area (Å²) in [6, 6.07) is 9.12. The minimum absolute atomic E-state index is 0.137. The molecule has 0 aliphatic heterocycles. The zero-order valence-electron chi connectivity index (χ0n) is 14.3. The van der Waals surface area contributed by atoms with Crippen LogP contribution < -0.4 is 10.6 Å². The number of carbonyl (C=O) groups excluding carboxylic acids is 2. The predicted molar refractivity (Wildman–Crippen MR) is 102 cm³/mol. The summed E-state index contributed by atoms with van der Waals surface area (Å²) >= 11 is 5.96. The SMILES string of the molecule is Cc1ccc(NC(=O)CCNC(=O)Cc2c[nH]c3cc(Cl)ccc23)nc1. The molecule has 0 saturated heterocycles. The van der Waals surface area contributed by atoms with E-state index in [0.29, 0.717) is 10.8 Å². The smallest absolute Gasteiger partial charge is 0.227 e. The lowest BCUT2D eigenvalue weighted by Crippen LogP contribution is -2.28. The molecule has 1 aromatic carbocycles. The molecule has 3 aromatic rings. The average Bonchev–Trinajstić information content (AvgIpc) is 2.99. The Balaban J connectivity index is 1.46. The van der Waals surface area contributed by atoms with E-state index in [4.69, 9.17) is 11.6 Å². The van der Waals surface area contributed by atoms with Crippen LogP contribution in [-0.4, -0.2) is 28.3 Å². The highest BCUT2D eigenvalue weighted by molar-refractivity contribution is 6.31. The summed E-state index contributed by atoms with van der Waals surface area (Å²) in [5.41, 5.74) is 2.81. The first-order valence-corrected chi connectivity index (χ1v) is 8.64. The van der Waals surface area contributed by atoms with Crippen molar-refractivity contribution in [1.29, 1.82) is 0 Å². The van der Waals surface area contributed by atoms with Crippen LogP contribution in [0.1, 0.15) is 17.5 Å². The molecule has 134 valence electrons. The number of anilines is 1. The molecular formula is C19H19ClN4O2. The molecular weight excluding hydrogens is 352 g/mol. The van der Waals surface area contributed by atoms with Crippen LogP contribution in [-0.2, 0) is 16.0 Å². The van der Waals surface area contributed by atoms with Crippen LogP contribution in [0, 0.1) is 6.92 Å². The number of pyridine rings is 1. The van der Waals surface area contributed by atoms with E-state index in [1.807, 2.05) is 25.1 Å². The molecule has 2 heterocycles. The van der Waals surface area contributed by atoms with E-state index in [2.05, 4.69) is 20.6 Å². The third kappa shape index (κ3) is 4.61. The summed E-state index contributed by atoms with van der Waals surface area (Å²) in [4.78, 5) is 31.2. The van der Waals surface area contributed by atoms with Crippen molar-refractivity contribution in [2.45, 2.75) is 19.8 Å². The number of fused-ring (bicyclic) bond motifs is 1. The second-order valence-electron chi connectivity index (χ2n) is 6.05. The molecule has 6 nitrogen and oxygen atoms in total. The number of nitrogens with zero attached hydrogens (tertiary/aromatic N) is 1. The number of halogens is 1. The van der Waals surface area contributed by atoms with Gasteiger partial charge in [-0.05, 0) is 36.2 Å². The Morgan fingerprint density at radius 1 is 1.19 bits per heavy atom. The van der Waals surface area contributed by atoms with Gasteiger partial charge in [0.15, 0.2) is 0 Å². The van der Waals surface area contributed by atoms with Crippen molar-refractivity contribution in [3.63, 3.8) is 0 Å². The van der Waals surface area contributed by atoms with Crippen LogP contribution in [0.25, 0.3) is 10.9 Å². The number of amides is 2. The fourth-order valence-electron chi connectivity index (χ4n) is 2.60. The highest BCUT2D eigenvalue weighted by atomic mass is 35.5. The molecule has 2 amide bonds. The van der Waals surface area contributed by atoms with E-state index in [0.717, 1.165) is 22.0 Å². The number of aromatic amines is 1. The van der Waals surface area contributed by atoms with Gasteiger partial charge in [0.1, 0.15) is 5.82 Å². The number of aromatic nitrogens is 2. The van der Waals surface area contributed by atoms with Crippen molar-refractivity contribution in [2.75, 3.05) is 11.9 Å². The molecule has 0 atom stereocenters. The summed E-state index contributed by atoms with van der Waals surface area (Å²) in [6.45, 7) is 2.20. The van der Waals surface area contributed by atoms with Crippen LogP contribution in [0.4, 0.5) is 5.82 Å². The fraction of sp³-hybridized carbons (Fsp3) is 0.211. The van der Waals surface area contributed by atoms with Gasteiger partial charge in [-0.1, -0.05) is 23.7 Å². The maximum atomic E-state index is 12.1. The molecule has 0 spiro atoms. The Kier molecular flexibility index (Phi) is 5.53. The molecule has 0 radical (unpaired) electrons. The summed E-state index contributed by atoms with van der Waals surface area (Å²) < 4.78 is 0. The standard InChI is InChI=1S/C19H19ClN4O2/c1-12-2-5-17(23-10-12)24-18(25)6-7-21-19(26)8-13-11-22-16-9-14(20)3-4-15(13)16/h2-5,9-11,22H,6-8H2,1H3,(H,21,26)(H,23,24,25). The molecule has 3 N–H and O–H groups in total. The second kappa shape index (κ2) is 8.01. The van der Waals surface area contributed by atoms with Gasteiger partial charge in [0.05, 0.1) is 6.42 Å². The molecule has 3 rings (SSSR count). The maximum Gasteiger partial charge on any atom is 0.227 e. The normalized spacial score (nSPS) is 10.7. The topological polar surface area (TPSA) is 86.9 Å². The minimum Gasteiger partial charge on any atom is -0.361 e. The van der Waals surface area contributed by atoms with Gasteiger partial charge in [0.25, 0.3) is 0 Å². The number of aryl methyl sites for hydroxylation is 1. The third-order valence-electron chi connectivity index (χ3n) is 3.93. The van der Waals surface area contributed by atoms with Gasteiger partial charge >= 0.3 is 0 Å². The predicted octanol–water partition coefficient (Wildman–Crippen LogP) is 3.21. The molecule has 2 aromatic heterocycles. The number of carbonyl (C=O) groups is 2. The first kappa shape index (κ1) is 17.9. The Bertz CT molecular complexity index is 934. The van der Waals surface area contributed by atoms with Gasteiger partial charge in [0, 0.05) is 41.3 Å². The highest BCUT2D eigenvalue weighted by Gasteiger charge is 2.10. The number of hydrogen-bond acceptors (Lipinski definition) is 3. The third-order valence-corrected chi connectivity index (χ3v) is 4.17. The van der Waals surface area contributed by atoms with Crippen LogP contribution in [0.3, 0.4) is 0 Å². The molecule has 0 fully saturated rings. The van der Waals surface area contributed by atoms with E-state index in [9.17, 15) is 9.59 Å². The Hall–Kier alpha value is -2.86. The van der Waals surface area contributed by atoms with Crippen LogP contribution in [0.2, 0.25) is 5.02 Å². The lowest BCUT2D eigenvalue weighted by molar-refractivity contribution is -0.120. The number of rotatable bonds is 6. The van der Waals surface area contributed by atoms with E-state index >= 15 is 0 Å². The van der Waals surface area contributed by atoms with Crippen LogP contribution in [0.15, 0.2) is 42.7 Å². The fourth-order valence-corrected chi connectivity index (χ4v) is 2.77. The maximum absolute atomic E-state index is 12.1. The Labute approximate surface area is 156 Å². The first-order valence-electron chi connectivity index (χ1n) is 8.26. The zero-order chi connectivity index (χ0) is 18.5. The van der Waals surface area contributed by atoms with Gasteiger partial charge in [-0.3, -0.25) is 9.59 Å². The van der Waals surface area contributed by atoms with Crippen molar-refractivity contribution in [1.82, 2.24) is 15.3 Å². The van der Waals surface area contributed by atoms with E-state index in [1.165, 1.54) is 0 Å². The van der Waals surface area contributed by atoms with Gasteiger partial charge in [-0.15, -0.1) is 0 Å². The number of H-pyrrole nitrogens is 1. The molecule has 7 heteroatoms. The van der Waals surface area contributed by atoms with Crippen molar-refractivity contribution in [2.24, 2.45) is 0 Å². The van der Waals surface area contributed by atoms with Crippen molar-refractivity contribution in [3.8, 4) is 0 Å². The Morgan fingerprint density at radius 3 is 2.81 bits per heavy atom. The van der Waals surface area contributed by atoms with E-state index < -0.39 is 0 Å². The van der Waals surface area contributed by atoms with Gasteiger partial charge in [0.2, 0.25) is 11.8 Å². The minimum atomic E-state index is -0.191. The number of benzene rings is 1. The molecule has 26 heavy (non-hydrogen) atoms. The van der Waals surface area contributed by atoms with Crippen LogP contribution in [0.5, 0.6) is 0 Å². The lowest BCUT2D eigenvalue weighted by Gasteiger charge is -2.06.